The van der Waals surface area contributed by atoms with Gasteiger partial charge in [0.15, 0.2) is 6.10 Å². The highest BCUT2D eigenvalue weighted by Crippen LogP contribution is 2.20. The van der Waals surface area contributed by atoms with Crippen LogP contribution in [0.5, 0.6) is 5.75 Å². The summed E-state index contributed by atoms with van der Waals surface area (Å²) >= 11 is 0. The van der Waals surface area contributed by atoms with Crippen LogP contribution in [-0.2, 0) is 4.79 Å². The molecule has 0 radical (unpaired) electrons. The lowest BCUT2D eigenvalue weighted by Crippen LogP contribution is -2.36. The Morgan fingerprint density at radius 3 is 2.65 bits per heavy atom. The topological polar surface area (TPSA) is 107 Å². The quantitative estimate of drug-likeness (QED) is 0.585. The molecular weight excluding hydrogens is 226 g/mol. The van der Waals surface area contributed by atoms with Gasteiger partial charge in [-0.25, -0.2) is 4.79 Å². The Morgan fingerprint density at radius 2 is 2.06 bits per heavy atom. The van der Waals surface area contributed by atoms with Gasteiger partial charge in [-0.3, -0.25) is 4.79 Å². The van der Waals surface area contributed by atoms with Gasteiger partial charge in [-0.2, -0.15) is 0 Å². The number of aromatic hydroxyl groups is 1. The van der Waals surface area contributed by atoms with Gasteiger partial charge in [0.05, 0.1) is 12.1 Å². The first-order valence-electron chi connectivity index (χ1n) is 4.91. The van der Waals surface area contributed by atoms with Crippen molar-refractivity contribution in [1.82, 2.24) is 5.32 Å². The maximum Gasteiger partial charge on any atom is 0.334 e. The summed E-state index contributed by atoms with van der Waals surface area (Å²) in [7, 11) is 0. The van der Waals surface area contributed by atoms with Crippen LogP contribution < -0.4 is 5.32 Å². The predicted molar refractivity (Wildman–Crippen MR) is 58.8 cm³/mol. The van der Waals surface area contributed by atoms with Crippen LogP contribution in [0.1, 0.15) is 15.9 Å². The molecular formula is C11H13NO5. The number of para-hydroxylation sites is 1. The molecule has 0 fully saturated rings. The molecule has 0 aliphatic heterocycles. The monoisotopic (exact) mass is 239 g/mol. The largest absolute Gasteiger partial charge is 0.507 e. The van der Waals surface area contributed by atoms with Crippen molar-refractivity contribution in [1.29, 1.82) is 0 Å². The van der Waals surface area contributed by atoms with E-state index in [0.717, 1.165) is 0 Å². The summed E-state index contributed by atoms with van der Waals surface area (Å²) in [6.45, 7) is 1.22. The summed E-state index contributed by atoms with van der Waals surface area (Å²) < 4.78 is 0. The van der Waals surface area contributed by atoms with Crippen molar-refractivity contribution >= 4 is 11.9 Å². The van der Waals surface area contributed by atoms with Gasteiger partial charge in [-0.05, 0) is 18.6 Å². The van der Waals surface area contributed by atoms with Gasteiger partial charge in [0.1, 0.15) is 5.75 Å². The highest BCUT2D eigenvalue weighted by atomic mass is 16.4. The number of aliphatic carboxylic acids is 1. The van der Waals surface area contributed by atoms with Crippen LogP contribution in [-0.4, -0.2) is 39.8 Å². The Kier molecular flexibility index (Phi) is 4.06. The highest BCUT2D eigenvalue weighted by molar-refractivity contribution is 5.97. The van der Waals surface area contributed by atoms with Gasteiger partial charge >= 0.3 is 5.97 Å². The molecule has 4 N–H and O–H groups in total. The van der Waals surface area contributed by atoms with Crippen LogP contribution in [0, 0.1) is 6.92 Å². The molecule has 92 valence electrons. The minimum Gasteiger partial charge on any atom is -0.507 e. The number of amides is 1. The molecule has 0 aliphatic rings. The second-order valence-corrected chi connectivity index (χ2v) is 3.54. The van der Waals surface area contributed by atoms with Crippen molar-refractivity contribution in [3.8, 4) is 5.75 Å². The summed E-state index contributed by atoms with van der Waals surface area (Å²) in [5.74, 6) is -2.21. The Balaban J connectivity index is 2.71. The molecule has 0 saturated heterocycles. The van der Waals surface area contributed by atoms with Crippen molar-refractivity contribution in [3.63, 3.8) is 0 Å². The molecule has 1 rings (SSSR count). The molecule has 1 aromatic rings. The van der Waals surface area contributed by atoms with Gasteiger partial charge in [0.2, 0.25) is 0 Å². The first-order valence-corrected chi connectivity index (χ1v) is 4.91. The standard InChI is InChI=1S/C11H13NO5/c1-6-3-2-4-7(9(6)14)10(15)12-5-8(13)11(16)17/h2-4,8,13-14H,5H2,1H3,(H,12,15)(H,16,17)/t8-/m0/s1. The second kappa shape index (κ2) is 5.31. The summed E-state index contributed by atoms with van der Waals surface area (Å²) in [6.07, 6.45) is -1.66. The number of carbonyl (C=O) groups is 2. The van der Waals surface area contributed by atoms with E-state index < -0.39 is 24.5 Å². The summed E-state index contributed by atoms with van der Waals surface area (Å²) in [6, 6.07) is 4.64. The van der Waals surface area contributed by atoms with E-state index >= 15 is 0 Å². The fourth-order valence-corrected chi connectivity index (χ4v) is 1.21. The minimum atomic E-state index is -1.66. The molecule has 1 aromatic carbocycles. The first kappa shape index (κ1) is 13.0. The molecule has 0 heterocycles. The van der Waals surface area contributed by atoms with Crippen molar-refractivity contribution in [2.24, 2.45) is 0 Å². The Bertz CT molecular complexity index is 443. The molecule has 0 unspecified atom stereocenters. The van der Waals surface area contributed by atoms with Crippen LogP contribution in [0.3, 0.4) is 0 Å². The van der Waals surface area contributed by atoms with Gasteiger partial charge < -0.3 is 20.6 Å². The molecule has 0 aliphatic carbocycles. The van der Waals surface area contributed by atoms with Crippen molar-refractivity contribution in [3.05, 3.63) is 29.3 Å². The van der Waals surface area contributed by atoms with Gasteiger partial charge in [0.25, 0.3) is 5.91 Å². The molecule has 17 heavy (non-hydrogen) atoms. The van der Waals surface area contributed by atoms with E-state index in [9.17, 15) is 14.7 Å². The number of phenolic OH excluding ortho intramolecular Hbond substituents is 1. The number of phenols is 1. The second-order valence-electron chi connectivity index (χ2n) is 3.54. The normalized spacial score (nSPS) is 11.9. The lowest BCUT2D eigenvalue weighted by atomic mass is 10.1. The number of carbonyl (C=O) groups excluding carboxylic acids is 1. The average Bonchev–Trinajstić information content (AvgIpc) is 2.29. The maximum atomic E-state index is 11.6. The Morgan fingerprint density at radius 1 is 1.41 bits per heavy atom. The average molecular weight is 239 g/mol. The third-order valence-corrected chi connectivity index (χ3v) is 2.22. The summed E-state index contributed by atoms with van der Waals surface area (Å²) in [4.78, 5) is 21.9. The van der Waals surface area contributed by atoms with E-state index in [2.05, 4.69) is 5.32 Å². The van der Waals surface area contributed by atoms with Crippen LogP contribution >= 0.6 is 0 Å². The maximum absolute atomic E-state index is 11.6. The number of carboxylic acids is 1. The zero-order valence-corrected chi connectivity index (χ0v) is 9.17. The number of benzene rings is 1. The smallest absolute Gasteiger partial charge is 0.334 e. The van der Waals surface area contributed by atoms with Crippen LogP contribution in [0.4, 0.5) is 0 Å². The van der Waals surface area contributed by atoms with Gasteiger partial charge in [-0.15, -0.1) is 0 Å². The highest BCUT2D eigenvalue weighted by Gasteiger charge is 2.17. The number of aliphatic hydroxyl groups is 1. The number of hydrogen-bond acceptors (Lipinski definition) is 4. The molecule has 0 aromatic heterocycles. The fourth-order valence-electron chi connectivity index (χ4n) is 1.21. The van der Waals surface area contributed by atoms with E-state index in [4.69, 9.17) is 10.2 Å². The zero-order chi connectivity index (χ0) is 13.0. The lowest BCUT2D eigenvalue weighted by Gasteiger charge is -2.09. The Hall–Kier alpha value is -2.08. The molecule has 0 spiro atoms. The van der Waals surface area contributed by atoms with Crippen LogP contribution in [0.2, 0.25) is 0 Å². The first-order chi connectivity index (χ1) is 7.93. The lowest BCUT2D eigenvalue weighted by molar-refractivity contribution is -0.146. The molecule has 1 atom stereocenters. The third-order valence-electron chi connectivity index (χ3n) is 2.22. The number of aliphatic hydroxyl groups excluding tert-OH is 1. The minimum absolute atomic E-state index is 0.0441. The van der Waals surface area contributed by atoms with E-state index in [0.29, 0.717) is 5.56 Å². The van der Waals surface area contributed by atoms with E-state index in [-0.39, 0.29) is 11.3 Å². The van der Waals surface area contributed by atoms with Gasteiger partial charge in [0, 0.05) is 0 Å². The summed E-state index contributed by atoms with van der Waals surface area (Å²) in [5, 5.41) is 29.2. The number of aryl methyl sites for hydroxylation is 1. The number of carboxylic acid groups (broad SMARTS) is 1. The number of rotatable bonds is 4. The van der Waals surface area contributed by atoms with E-state index in [1.54, 1.807) is 19.1 Å². The van der Waals surface area contributed by atoms with E-state index in [1.807, 2.05) is 0 Å². The van der Waals surface area contributed by atoms with Crippen molar-refractivity contribution in [2.75, 3.05) is 6.54 Å². The predicted octanol–water partition coefficient (Wildman–Crippen LogP) is -0.124. The van der Waals surface area contributed by atoms with Gasteiger partial charge in [-0.1, -0.05) is 12.1 Å². The molecule has 0 bridgehead atoms. The Labute approximate surface area is 97.5 Å². The number of nitrogens with one attached hydrogen (secondary N) is 1. The van der Waals surface area contributed by atoms with Crippen LogP contribution in [0.25, 0.3) is 0 Å². The molecule has 6 heteroatoms. The van der Waals surface area contributed by atoms with Crippen molar-refractivity contribution < 1.29 is 24.9 Å². The SMILES string of the molecule is Cc1cccc(C(=O)NC[C@H](O)C(=O)O)c1O. The third kappa shape index (κ3) is 3.18. The zero-order valence-electron chi connectivity index (χ0n) is 9.17. The summed E-state index contributed by atoms with van der Waals surface area (Å²) in [5.41, 5.74) is 0.582. The molecule has 0 saturated carbocycles. The molecule has 1 amide bonds. The van der Waals surface area contributed by atoms with E-state index in [1.165, 1.54) is 6.07 Å². The number of hydrogen-bond donors (Lipinski definition) is 4. The van der Waals surface area contributed by atoms with Crippen LogP contribution in [0.15, 0.2) is 18.2 Å². The molecule has 6 nitrogen and oxygen atoms in total. The van der Waals surface area contributed by atoms with Crippen molar-refractivity contribution in [2.45, 2.75) is 13.0 Å². The fraction of sp³-hybridized carbons (Fsp3) is 0.273.